The fourth-order valence-corrected chi connectivity index (χ4v) is 5.02. The quantitative estimate of drug-likeness (QED) is 0.236. The molecule has 36 heavy (non-hydrogen) atoms. The number of hydrogen-bond acceptors (Lipinski definition) is 7. The lowest BCUT2D eigenvalue weighted by Gasteiger charge is -2.36. The molecule has 1 aromatic heterocycles. The van der Waals surface area contributed by atoms with E-state index in [0.717, 1.165) is 44.5 Å². The number of benzene rings is 2. The van der Waals surface area contributed by atoms with E-state index in [0.29, 0.717) is 13.0 Å². The van der Waals surface area contributed by atoms with Crippen molar-refractivity contribution in [3.05, 3.63) is 71.4 Å². The van der Waals surface area contributed by atoms with E-state index in [2.05, 4.69) is 10.3 Å². The van der Waals surface area contributed by atoms with Crippen LogP contribution >= 0.6 is 46.6 Å². The molecule has 1 aliphatic rings. The number of carbonyl (C=O) groups excluding carboxylic acids is 2. The zero-order valence-electron chi connectivity index (χ0n) is 19.0. The molecule has 0 bridgehead atoms. The second-order valence-electron chi connectivity index (χ2n) is 8.20. The third-order valence-corrected chi connectivity index (χ3v) is 6.89. The van der Waals surface area contributed by atoms with Gasteiger partial charge in [0.15, 0.2) is 0 Å². The highest BCUT2D eigenvalue weighted by Crippen LogP contribution is 2.36. The van der Waals surface area contributed by atoms with E-state index in [4.69, 9.17) is 44.3 Å². The van der Waals surface area contributed by atoms with Crippen molar-refractivity contribution in [2.45, 2.75) is 28.9 Å². The first-order chi connectivity index (χ1) is 17.2. The van der Waals surface area contributed by atoms with Crippen LogP contribution in [0.3, 0.4) is 0 Å². The van der Waals surface area contributed by atoms with Crippen LogP contribution in [-0.2, 0) is 22.5 Å². The Labute approximate surface area is 227 Å². The molecule has 2 atom stereocenters. The molecule has 1 amide bonds. The predicted molar refractivity (Wildman–Crippen MR) is 141 cm³/mol. The van der Waals surface area contributed by atoms with Gasteiger partial charge in [-0.2, -0.15) is 5.06 Å². The summed E-state index contributed by atoms with van der Waals surface area (Å²) in [5.41, 5.74) is 3.55. The van der Waals surface area contributed by atoms with Gasteiger partial charge >= 0.3 is 11.4 Å². The molecule has 0 aliphatic carbocycles. The Balaban J connectivity index is 1.51. The van der Waals surface area contributed by atoms with Gasteiger partial charge in [-0.25, -0.2) is 9.59 Å². The van der Waals surface area contributed by atoms with Crippen molar-refractivity contribution in [1.29, 1.82) is 0 Å². The zero-order chi connectivity index (χ0) is 25.7. The maximum atomic E-state index is 12.5. The Hall–Kier alpha value is -2.14. The Kier molecular flexibility index (Phi) is 8.92. The number of ether oxygens (including phenoxy) is 2. The SMILES string of the molecule is O=C(N[C@@H](CSC(=O)OCc1ccccc1)[C@@H]1c2[nH]c3ccccc3c2CCN1O)OCC(Cl)(Cl)Cl. The number of alkyl carbamates (subject to hydrolysis) is 1. The molecular weight excluding hydrogens is 549 g/mol. The van der Waals surface area contributed by atoms with Gasteiger partial charge in [0.05, 0.1) is 12.1 Å². The van der Waals surface area contributed by atoms with Gasteiger partial charge < -0.3 is 25.0 Å². The summed E-state index contributed by atoms with van der Waals surface area (Å²) in [5, 5.41) is 15.2. The summed E-state index contributed by atoms with van der Waals surface area (Å²) in [6, 6.07) is 15.7. The number of rotatable bonds is 7. The monoisotopic (exact) mass is 571 g/mol. The number of aromatic amines is 1. The van der Waals surface area contributed by atoms with Gasteiger partial charge in [0.2, 0.25) is 3.79 Å². The van der Waals surface area contributed by atoms with Gasteiger partial charge in [0.1, 0.15) is 13.2 Å². The molecule has 2 aromatic carbocycles. The van der Waals surface area contributed by atoms with Crippen LogP contribution in [0.5, 0.6) is 0 Å². The van der Waals surface area contributed by atoms with Crippen molar-refractivity contribution in [3.8, 4) is 0 Å². The Morgan fingerprint density at radius 3 is 2.61 bits per heavy atom. The van der Waals surface area contributed by atoms with E-state index in [9.17, 15) is 14.8 Å². The van der Waals surface area contributed by atoms with Crippen LogP contribution < -0.4 is 5.32 Å². The molecule has 0 unspecified atom stereocenters. The minimum atomic E-state index is -1.78. The lowest BCUT2D eigenvalue weighted by atomic mass is 9.95. The Bertz CT molecular complexity index is 1200. The molecule has 12 heteroatoms. The molecule has 8 nitrogen and oxygen atoms in total. The van der Waals surface area contributed by atoms with Gasteiger partial charge in [-0.05, 0) is 35.4 Å². The molecule has 0 spiro atoms. The number of amides is 1. The number of nitrogens with zero attached hydrogens (tertiary/aromatic N) is 1. The molecule has 0 saturated carbocycles. The first kappa shape index (κ1) is 26.9. The topological polar surface area (TPSA) is 104 Å². The Morgan fingerprint density at radius 2 is 1.86 bits per heavy atom. The van der Waals surface area contributed by atoms with Gasteiger partial charge in [-0.1, -0.05) is 83.3 Å². The van der Waals surface area contributed by atoms with E-state index >= 15 is 0 Å². The van der Waals surface area contributed by atoms with Crippen molar-refractivity contribution in [2.24, 2.45) is 0 Å². The summed E-state index contributed by atoms with van der Waals surface area (Å²) in [6.07, 6.45) is -0.232. The summed E-state index contributed by atoms with van der Waals surface area (Å²) < 4.78 is 8.61. The van der Waals surface area contributed by atoms with E-state index in [1.165, 1.54) is 0 Å². The number of carbonyl (C=O) groups is 2. The molecule has 1 aliphatic heterocycles. The van der Waals surface area contributed by atoms with Crippen molar-refractivity contribution >= 4 is 68.9 Å². The fourth-order valence-electron chi connectivity index (χ4n) is 4.13. The number of aromatic nitrogens is 1. The third-order valence-electron chi connectivity index (χ3n) is 5.69. The molecule has 2 heterocycles. The number of alkyl halides is 3. The van der Waals surface area contributed by atoms with E-state index in [1.807, 2.05) is 54.6 Å². The van der Waals surface area contributed by atoms with E-state index < -0.39 is 33.9 Å². The van der Waals surface area contributed by atoms with Crippen LogP contribution in [0.4, 0.5) is 9.59 Å². The summed E-state index contributed by atoms with van der Waals surface area (Å²) in [7, 11) is 0. The summed E-state index contributed by atoms with van der Waals surface area (Å²) in [6.45, 7) is -0.00455. The average Bonchev–Trinajstić information content (AvgIpc) is 3.23. The minimum Gasteiger partial charge on any atom is -0.453 e. The highest BCUT2D eigenvalue weighted by Gasteiger charge is 2.37. The van der Waals surface area contributed by atoms with Crippen molar-refractivity contribution in [1.82, 2.24) is 15.4 Å². The van der Waals surface area contributed by atoms with Crippen LogP contribution in [0.25, 0.3) is 10.9 Å². The normalized spacial score (nSPS) is 16.8. The first-order valence-corrected chi connectivity index (χ1v) is 13.2. The molecule has 0 fully saturated rings. The number of para-hydroxylation sites is 1. The maximum Gasteiger partial charge on any atom is 0.407 e. The largest absolute Gasteiger partial charge is 0.453 e. The molecule has 3 aromatic rings. The number of nitrogens with one attached hydrogen (secondary N) is 2. The molecule has 192 valence electrons. The van der Waals surface area contributed by atoms with E-state index in [1.54, 1.807) is 0 Å². The number of hydrogen-bond donors (Lipinski definition) is 3. The number of fused-ring (bicyclic) bond motifs is 3. The van der Waals surface area contributed by atoms with Crippen LogP contribution in [0.1, 0.15) is 22.9 Å². The zero-order valence-corrected chi connectivity index (χ0v) is 22.0. The second kappa shape index (κ2) is 11.9. The third kappa shape index (κ3) is 7.00. The van der Waals surface area contributed by atoms with Gasteiger partial charge in [0.25, 0.3) is 0 Å². The van der Waals surface area contributed by atoms with Gasteiger partial charge in [-0.15, -0.1) is 0 Å². The van der Waals surface area contributed by atoms with Crippen LogP contribution in [0, 0.1) is 0 Å². The summed E-state index contributed by atoms with van der Waals surface area (Å²) in [4.78, 5) is 28.4. The molecule has 3 N–H and O–H groups in total. The Morgan fingerprint density at radius 1 is 1.14 bits per heavy atom. The lowest BCUT2D eigenvalue weighted by molar-refractivity contribution is -0.140. The average molecular weight is 573 g/mol. The van der Waals surface area contributed by atoms with Gasteiger partial charge in [-0.3, -0.25) is 0 Å². The summed E-state index contributed by atoms with van der Waals surface area (Å²) in [5.74, 6) is 0.0903. The van der Waals surface area contributed by atoms with Crippen molar-refractivity contribution in [2.75, 3.05) is 18.9 Å². The molecular formula is C24H24Cl3N3O5S. The highest BCUT2D eigenvalue weighted by molar-refractivity contribution is 8.13. The first-order valence-electron chi connectivity index (χ1n) is 11.1. The number of H-pyrrole nitrogens is 1. The fraction of sp³-hybridized carbons (Fsp3) is 0.333. The smallest absolute Gasteiger partial charge is 0.407 e. The van der Waals surface area contributed by atoms with Crippen molar-refractivity contribution in [3.63, 3.8) is 0 Å². The lowest BCUT2D eigenvalue weighted by Crippen LogP contribution is -2.49. The van der Waals surface area contributed by atoms with E-state index in [-0.39, 0.29) is 12.4 Å². The molecule has 0 saturated heterocycles. The van der Waals surface area contributed by atoms with Crippen LogP contribution in [0.2, 0.25) is 0 Å². The minimum absolute atomic E-state index is 0.0903. The number of hydroxylamine groups is 2. The van der Waals surface area contributed by atoms with Gasteiger partial charge in [0, 0.05) is 28.9 Å². The van der Waals surface area contributed by atoms with Crippen LogP contribution in [0.15, 0.2) is 54.6 Å². The predicted octanol–water partition coefficient (Wildman–Crippen LogP) is 5.99. The molecule has 0 radical (unpaired) electrons. The summed E-state index contributed by atoms with van der Waals surface area (Å²) >= 11 is 18.0. The number of thioether (sulfide) groups is 1. The highest BCUT2D eigenvalue weighted by atomic mass is 35.6. The second-order valence-corrected chi connectivity index (χ2v) is 11.7. The molecule has 4 rings (SSSR count). The standard InChI is InChI=1S/C24H24Cl3N3O5S/c25-24(26,27)14-35-22(31)29-19(13-36-23(32)34-12-15-6-2-1-3-7-15)21-20-17(10-11-30(21)33)16-8-4-5-9-18(16)28-20/h1-9,19,21,28,33H,10-14H2,(H,29,31)/t19-,21+/m0/s1. The van der Waals surface area contributed by atoms with Crippen LogP contribution in [-0.4, -0.2) is 55.4 Å². The number of halogens is 3. The maximum absolute atomic E-state index is 12.5. The van der Waals surface area contributed by atoms with Crippen molar-refractivity contribution < 1.29 is 24.3 Å².